The lowest BCUT2D eigenvalue weighted by Gasteiger charge is -2.15. The third-order valence-electron chi connectivity index (χ3n) is 3.12. The van der Waals surface area contributed by atoms with E-state index in [2.05, 4.69) is 5.32 Å². The van der Waals surface area contributed by atoms with E-state index in [-0.39, 0.29) is 19.1 Å². The van der Waals surface area contributed by atoms with E-state index < -0.39 is 24.0 Å². The van der Waals surface area contributed by atoms with Crippen LogP contribution in [0.25, 0.3) is 11.1 Å². The second-order valence-electron chi connectivity index (χ2n) is 4.91. The van der Waals surface area contributed by atoms with E-state index >= 15 is 0 Å². The number of fused-ring (bicyclic) bond motifs is 1. The highest BCUT2D eigenvalue weighted by Crippen LogP contribution is 2.26. The number of rotatable bonds is 7. The van der Waals surface area contributed by atoms with Gasteiger partial charge >= 0.3 is 5.97 Å². The van der Waals surface area contributed by atoms with Gasteiger partial charge in [-0.05, 0) is 13.8 Å². The molecule has 2 aromatic rings. The number of carbonyl (C=O) groups excluding carboxylic acids is 3. The van der Waals surface area contributed by atoms with Crippen molar-refractivity contribution in [3.05, 3.63) is 18.4 Å². The quantitative estimate of drug-likeness (QED) is 0.547. The maximum Gasteiger partial charge on any atom is 0.330 e. The number of carbonyl (C=O) groups is 3. The van der Waals surface area contributed by atoms with Gasteiger partial charge < -0.3 is 24.9 Å². The molecular formula is C14H17N3O6. The minimum absolute atomic E-state index is 0.175. The number of esters is 1. The van der Waals surface area contributed by atoms with Crippen LogP contribution in [0.3, 0.4) is 0 Å². The molecule has 0 unspecified atom stereocenters. The van der Waals surface area contributed by atoms with Gasteiger partial charge in [0.15, 0.2) is 12.3 Å². The van der Waals surface area contributed by atoms with Crippen molar-refractivity contribution in [2.75, 3.05) is 0 Å². The highest BCUT2D eigenvalue weighted by atomic mass is 16.6. The van der Waals surface area contributed by atoms with Crippen molar-refractivity contribution in [2.45, 2.75) is 32.7 Å². The molecule has 0 aliphatic heterocycles. The summed E-state index contributed by atoms with van der Waals surface area (Å²) in [5.74, 6) is -0.937. The van der Waals surface area contributed by atoms with Crippen LogP contribution in [-0.4, -0.2) is 35.0 Å². The topological polar surface area (TPSA) is 126 Å². The Labute approximate surface area is 131 Å². The zero-order valence-electron chi connectivity index (χ0n) is 12.6. The summed E-state index contributed by atoms with van der Waals surface area (Å²) in [4.78, 5) is 33.9. The number of nitrogens with zero attached hydrogens (tertiary/aromatic N) is 1. The molecule has 2 atom stereocenters. The molecule has 23 heavy (non-hydrogen) atoms. The lowest BCUT2D eigenvalue weighted by atomic mass is 10.3. The van der Waals surface area contributed by atoms with Gasteiger partial charge in [0.2, 0.25) is 11.8 Å². The minimum atomic E-state index is -0.862. The first-order valence-corrected chi connectivity index (χ1v) is 6.83. The zero-order valence-corrected chi connectivity index (χ0v) is 12.6. The van der Waals surface area contributed by atoms with Gasteiger partial charge in [-0.1, -0.05) is 0 Å². The van der Waals surface area contributed by atoms with Gasteiger partial charge in [-0.2, -0.15) is 0 Å². The number of nitrogens with two attached hydrogens (primary N) is 1. The van der Waals surface area contributed by atoms with Gasteiger partial charge in [0.25, 0.3) is 6.47 Å². The Hall–Kier alpha value is -2.81. The molecule has 0 aliphatic carbocycles. The predicted octanol–water partition coefficient (Wildman–Crippen LogP) is 0.122. The zero-order chi connectivity index (χ0) is 17.0. The van der Waals surface area contributed by atoms with E-state index in [0.29, 0.717) is 11.1 Å². The lowest BCUT2D eigenvalue weighted by molar-refractivity contribution is -0.151. The van der Waals surface area contributed by atoms with E-state index in [4.69, 9.17) is 19.6 Å². The van der Waals surface area contributed by atoms with Crippen molar-refractivity contribution >= 4 is 29.4 Å². The summed E-state index contributed by atoms with van der Waals surface area (Å²) in [6.45, 7) is 3.04. The third kappa shape index (κ3) is 3.69. The first-order chi connectivity index (χ1) is 10.9. The first-order valence-electron chi connectivity index (χ1n) is 6.83. The smallest absolute Gasteiger partial charge is 0.330 e. The third-order valence-corrected chi connectivity index (χ3v) is 3.12. The molecule has 124 valence electrons. The average molecular weight is 323 g/mol. The number of hydrogen-bond acceptors (Lipinski definition) is 7. The van der Waals surface area contributed by atoms with E-state index in [1.165, 1.54) is 30.7 Å². The second kappa shape index (κ2) is 6.97. The fourth-order valence-electron chi connectivity index (χ4n) is 1.89. The SMILES string of the molecule is C[C@H](N)C(=O)N[C@@H](C)C(=O)OCn1c(OC=O)cc2occc21. The summed E-state index contributed by atoms with van der Waals surface area (Å²) in [7, 11) is 0. The Balaban J connectivity index is 2.03. The van der Waals surface area contributed by atoms with Crippen LogP contribution in [0.15, 0.2) is 22.8 Å². The lowest BCUT2D eigenvalue weighted by Crippen LogP contribution is -2.46. The van der Waals surface area contributed by atoms with Crippen LogP contribution in [0.1, 0.15) is 13.8 Å². The second-order valence-corrected chi connectivity index (χ2v) is 4.91. The van der Waals surface area contributed by atoms with Crippen LogP contribution in [0, 0.1) is 0 Å². The maximum atomic E-state index is 11.9. The summed E-state index contributed by atoms with van der Waals surface area (Å²) in [5, 5.41) is 2.43. The maximum absolute atomic E-state index is 11.9. The van der Waals surface area contributed by atoms with Crippen LogP contribution in [-0.2, 0) is 25.9 Å². The first kappa shape index (κ1) is 16.6. The van der Waals surface area contributed by atoms with Crippen LogP contribution < -0.4 is 15.8 Å². The molecule has 9 heteroatoms. The van der Waals surface area contributed by atoms with Gasteiger partial charge in [-0.25, -0.2) is 4.79 Å². The molecule has 0 fully saturated rings. The van der Waals surface area contributed by atoms with E-state index in [0.717, 1.165) is 0 Å². The van der Waals surface area contributed by atoms with Crippen molar-refractivity contribution in [3.63, 3.8) is 0 Å². The molecule has 0 saturated carbocycles. The van der Waals surface area contributed by atoms with Gasteiger partial charge in [0.1, 0.15) is 6.04 Å². The molecule has 2 rings (SSSR count). The van der Waals surface area contributed by atoms with E-state index in [1.807, 2.05) is 0 Å². The van der Waals surface area contributed by atoms with Crippen molar-refractivity contribution < 1.29 is 28.3 Å². The number of hydrogen-bond donors (Lipinski definition) is 2. The molecule has 0 spiro atoms. The van der Waals surface area contributed by atoms with Gasteiger partial charge in [0, 0.05) is 12.1 Å². The Morgan fingerprint density at radius 1 is 1.48 bits per heavy atom. The summed E-state index contributed by atoms with van der Waals surface area (Å²) in [6.07, 6.45) is 1.46. The molecule has 3 N–H and O–H groups in total. The number of amides is 1. The van der Waals surface area contributed by atoms with E-state index in [9.17, 15) is 14.4 Å². The molecule has 9 nitrogen and oxygen atoms in total. The van der Waals surface area contributed by atoms with Gasteiger partial charge in [-0.15, -0.1) is 0 Å². The molecular weight excluding hydrogens is 306 g/mol. The van der Waals surface area contributed by atoms with Crippen molar-refractivity contribution in [2.24, 2.45) is 5.73 Å². The molecule has 0 saturated heterocycles. The molecule has 0 aliphatic rings. The average Bonchev–Trinajstić information content (AvgIpc) is 3.06. The molecule has 2 aromatic heterocycles. The summed E-state index contributed by atoms with van der Waals surface area (Å²) >= 11 is 0. The Morgan fingerprint density at radius 3 is 2.87 bits per heavy atom. The number of nitrogens with one attached hydrogen (secondary N) is 1. The van der Waals surface area contributed by atoms with Crippen molar-refractivity contribution in [1.29, 1.82) is 0 Å². The minimum Gasteiger partial charge on any atom is -0.463 e. The van der Waals surface area contributed by atoms with Gasteiger partial charge in [-0.3, -0.25) is 14.2 Å². The van der Waals surface area contributed by atoms with E-state index in [1.54, 1.807) is 6.07 Å². The molecule has 0 aromatic carbocycles. The Kier molecular flexibility index (Phi) is 5.02. The summed E-state index contributed by atoms with van der Waals surface area (Å²) in [5.41, 5.74) is 6.49. The van der Waals surface area contributed by atoms with Gasteiger partial charge in [0.05, 0.1) is 17.8 Å². The molecule has 0 radical (unpaired) electrons. The number of furan rings is 1. The van der Waals surface area contributed by atoms with Crippen LogP contribution in [0.4, 0.5) is 0 Å². The highest BCUT2D eigenvalue weighted by Gasteiger charge is 2.20. The number of ether oxygens (including phenoxy) is 2. The standard InChI is InChI=1S/C14H17N3O6/c1-8(15)13(19)16-9(2)14(20)22-6-17-10-3-4-21-11(10)5-12(17)23-7-18/h3-5,7-9H,6,15H2,1-2H3,(H,16,19)/t8-,9-/m0/s1. The molecule has 1 amide bonds. The Bertz CT molecular complexity index is 717. The highest BCUT2D eigenvalue weighted by molar-refractivity contribution is 5.86. The predicted molar refractivity (Wildman–Crippen MR) is 78.2 cm³/mol. The molecule has 0 bridgehead atoms. The monoisotopic (exact) mass is 323 g/mol. The summed E-state index contributed by atoms with van der Waals surface area (Å²) < 4.78 is 16.6. The summed E-state index contributed by atoms with van der Waals surface area (Å²) in [6, 6.07) is 1.55. The fraction of sp³-hybridized carbons (Fsp3) is 0.357. The molecule has 2 heterocycles. The normalized spacial score (nSPS) is 13.3. The van der Waals surface area contributed by atoms with Crippen LogP contribution in [0.2, 0.25) is 0 Å². The number of aromatic nitrogens is 1. The van der Waals surface area contributed by atoms with Crippen LogP contribution >= 0.6 is 0 Å². The largest absolute Gasteiger partial charge is 0.463 e. The van der Waals surface area contributed by atoms with Crippen molar-refractivity contribution in [1.82, 2.24) is 9.88 Å². The van der Waals surface area contributed by atoms with Crippen LogP contribution in [0.5, 0.6) is 5.88 Å². The fourth-order valence-corrected chi connectivity index (χ4v) is 1.89. The Morgan fingerprint density at radius 2 is 2.22 bits per heavy atom. The van der Waals surface area contributed by atoms with Crippen molar-refractivity contribution in [3.8, 4) is 5.88 Å².